The fraction of sp³-hybridized carbons (Fsp3) is 0.333. The second-order valence-corrected chi connectivity index (χ2v) is 5.90. The molecule has 0 N–H and O–H groups in total. The molecule has 0 spiro atoms. The first-order valence-corrected chi connectivity index (χ1v) is 8.87. The van der Waals surface area contributed by atoms with Crippen LogP contribution in [0.15, 0.2) is 72.8 Å². The number of rotatable bonds is 3. The topological polar surface area (TPSA) is 0 Å². The first-order chi connectivity index (χ1) is 11.5. The van der Waals surface area contributed by atoms with Gasteiger partial charge in [-0.1, -0.05) is 93.9 Å². The maximum absolute atomic E-state index is 4.03. The van der Waals surface area contributed by atoms with Gasteiger partial charge in [-0.2, -0.15) is 0 Å². The Kier molecular flexibility index (Phi) is 12.2. The molecule has 0 aliphatic carbocycles. The Bertz CT molecular complexity index is 580. The summed E-state index contributed by atoms with van der Waals surface area (Å²) in [7, 11) is 0. The van der Waals surface area contributed by atoms with Crippen LogP contribution in [0.2, 0.25) is 0 Å². The molecule has 0 saturated heterocycles. The fourth-order valence-electron chi connectivity index (χ4n) is 1.70. The van der Waals surface area contributed by atoms with Gasteiger partial charge in [0.1, 0.15) is 0 Å². The maximum atomic E-state index is 4.03. The third-order valence-corrected chi connectivity index (χ3v) is 3.96. The Morgan fingerprint density at radius 3 is 1.58 bits per heavy atom. The fourth-order valence-corrected chi connectivity index (χ4v) is 1.70. The molecule has 130 valence electrons. The molecule has 0 atom stereocenters. The summed E-state index contributed by atoms with van der Waals surface area (Å²) in [6.07, 6.45) is 4.72. The average Bonchev–Trinajstić information content (AvgIpc) is 2.64. The third-order valence-electron chi connectivity index (χ3n) is 3.96. The first kappa shape index (κ1) is 21.9. The zero-order valence-electron chi connectivity index (χ0n) is 16.4. The lowest BCUT2D eigenvalue weighted by atomic mass is 10.0. The summed E-state index contributed by atoms with van der Waals surface area (Å²) in [5, 5.41) is 0. The van der Waals surface area contributed by atoms with Crippen LogP contribution >= 0.6 is 0 Å². The van der Waals surface area contributed by atoms with Crippen LogP contribution in [-0.4, -0.2) is 0 Å². The lowest BCUT2D eigenvalue weighted by Crippen LogP contribution is -1.82. The average molecular weight is 323 g/mol. The maximum Gasteiger partial charge on any atom is -0.0187 e. The van der Waals surface area contributed by atoms with Gasteiger partial charge in [-0.25, -0.2) is 0 Å². The highest BCUT2D eigenvalue weighted by atomic mass is 14.0. The van der Waals surface area contributed by atoms with Crippen molar-refractivity contribution in [1.82, 2.24) is 0 Å². The number of aryl methyl sites for hydroxylation is 2. The van der Waals surface area contributed by atoms with E-state index < -0.39 is 0 Å². The van der Waals surface area contributed by atoms with E-state index in [1.807, 2.05) is 25.1 Å². The molecule has 24 heavy (non-hydrogen) atoms. The second kappa shape index (κ2) is 13.4. The minimum absolute atomic E-state index is 1.11. The number of hydrogen-bond donors (Lipinski definition) is 0. The van der Waals surface area contributed by atoms with Gasteiger partial charge < -0.3 is 0 Å². The van der Waals surface area contributed by atoms with E-state index in [2.05, 4.69) is 83.7 Å². The zero-order valence-corrected chi connectivity index (χ0v) is 16.4. The monoisotopic (exact) mass is 322 g/mol. The molecule has 2 aromatic rings. The number of unbranched alkanes of at least 4 members (excludes halogenated alkanes) is 1. The third kappa shape index (κ3) is 9.15. The SMILES string of the molecule is C=C(/C(C)=C\C)c1ccccc1.CCCC.Cc1ccccc1C. The van der Waals surface area contributed by atoms with Crippen molar-refractivity contribution in [3.63, 3.8) is 0 Å². The van der Waals surface area contributed by atoms with E-state index in [0.717, 1.165) is 5.57 Å². The highest BCUT2D eigenvalue weighted by Gasteiger charge is 1.97. The van der Waals surface area contributed by atoms with Crippen molar-refractivity contribution < 1.29 is 0 Å². The molecule has 0 unspecified atom stereocenters. The van der Waals surface area contributed by atoms with Gasteiger partial charge >= 0.3 is 0 Å². The van der Waals surface area contributed by atoms with Crippen molar-refractivity contribution in [2.75, 3.05) is 0 Å². The van der Waals surface area contributed by atoms with Gasteiger partial charge in [0.15, 0.2) is 0 Å². The van der Waals surface area contributed by atoms with Crippen LogP contribution in [0.3, 0.4) is 0 Å². The molecule has 0 saturated carbocycles. The molecule has 0 bridgehead atoms. The molecule has 2 rings (SSSR count). The van der Waals surface area contributed by atoms with Gasteiger partial charge in [0.2, 0.25) is 0 Å². The van der Waals surface area contributed by atoms with Crippen LogP contribution in [-0.2, 0) is 0 Å². The van der Waals surface area contributed by atoms with Crippen molar-refractivity contribution in [2.24, 2.45) is 0 Å². The predicted octanol–water partition coefficient (Wildman–Crippen LogP) is 7.78. The molecular formula is C24H34. The minimum atomic E-state index is 1.11. The van der Waals surface area contributed by atoms with Crippen LogP contribution in [0.5, 0.6) is 0 Å². The Hall–Kier alpha value is -2.08. The molecule has 0 fully saturated rings. The van der Waals surface area contributed by atoms with Gasteiger partial charge in [-0.3, -0.25) is 0 Å². The molecule has 0 aliphatic rings. The van der Waals surface area contributed by atoms with Crippen molar-refractivity contribution in [1.29, 1.82) is 0 Å². The Morgan fingerprint density at radius 2 is 1.25 bits per heavy atom. The van der Waals surface area contributed by atoms with E-state index in [1.165, 1.54) is 35.1 Å². The van der Waals surface area contributed by atoms with Crippen LogP contribution in [0.1, 0.15) is 57.2 Å². The number of allylic oxidation sites excluding steroid dienone is 3. The smallest absolute Gasteiger partial charge is 0.0187 e. The number of benzene rings is 2. The Labute approximate surface area is 150 Å². The molecule has 0 heteroatoms. The van der Waals surface area contributed by atoms with Gasteiger partial charge in [-0.05, 0) is 55.5 Å². The van der Waals surface area contributed by atoms with Crippen molar-refractivity contribution >= 4 is 5.57 Å². The molecule has 0 heterocycles. The van der Waals surface area contributed by atoms with E-state index in [4.69, 9.17) is 0 Å². The molecule has 0 aliphatic heterocycles. The van der Waals surface area contributed by atoms with E-state index in [1.54, 1.807) is 0 Å². The highest BCUT2D eigenvalue weighted by Crippen LogP contribution is 2.19. The normalized spacial score (nSPS) is 10.0. The van der Waals surface area contributed by atoms with Crippen molar-refractivity contribution in [2.45, 2.75) is 54.4 Å². The highest BCUT2D eigenvalue weighted by molar-refractivity contribution is 5.76. The largest absolute Gasteiger partial charge is 0.0909 e. The summed E-state index contributed by atoms with van der Waals surface area (Å²) in [5.41, 5.74) is 6.28. The van der Waals surface area contributed by atoms with E-state index in [9.17, 15) is 0 Å². The van der Waals surface area contributed by atoms with Gasteiger partial charge in [0.25, 0.3) is 0 Å². The minimum Gasteiger partial charge on any atom is -0.0909 e. The van der Waals surface area contributed by atoms with Crippen LogP contribution in [0.4, 0.5) is 0 Å². The molecule has 0 nitrogen and oxygen atoms in total. The quantitative estimate of drug-likeness (QED) is 0.506. The molecule has 0 aromatic heterocycles. The van der Waals surface area contributed by atoms with Crippen molar-refractivity contribution in [3.8, 4) is 0 Å². The van der Waals surface area contributed by atoms with Gasteiger partial charge in [0.05, 0.1) is 0 Å². The zero-order chi connectivity index (χ0) is 18.4. The lowest BCUT2D eigenvalue weighted by Gasteiger charge is -2.04. The molecule has 2 aromatic carbocycles. The summed E-state index contributed by atoms with van der Waals surface area (Å²) in [4.78, 5) is 0. The Morgan fingerprint density at radius 1 is 0.833 bits per heavy atom. The summed E-state index contributed by atoms with van der Waals surface area (Å²) in [6.45, 7) is 16.7. The van der Waals surface area contributed by atoms with Crippen molar-refractivity contribution in [3.05, 3.63) is 89.5 Å². The first-order valence-electron chi connectivity index (χ1n) is 8.87. The summed E-state index contributed by atoms with van der Waals surface area (Å²) < 4.78 is 0. The standard InChI is InChI=1S/C12H14.C8H10.C4H10/c1-4-10(2)11(3)12-8-6-5-7-9-12;1-7-5-3-4-6-8(7)2;1-3-4-2/h4-9H,3H2,1-2H3;3-6H,1-2H3;3-4H2,1-2H3/b10-4-;;. The molecule has 0 amide bonds. The summed E-state index contributed by atoms with van der Waals surface area (Å²) >= 11 is 0. The van der Waals surface area contributed by atoms with E-state index in [0.29, 0.717) is 0 Å². The van der Waals surface area contributed by atoms with Gasteiger partial charge in [-0.15, -0.1) is 0 Å². The van der Waals surface area contributed by atoms with Crippen LogP contribution in [0, 0.1) is 13.8 Å². The molecular weight excluding hydrogens is 288 g/mol. The number of hydrogen-bond acceptors (Lipinski definition) is 0. The summed E-state index contributed by atoms with van der Waals surface area (Å²) in [5.74, 6) is 0. The lowest BCUT2D eigenvalue weighted by molar-refractivity contribution is 0.886. The summed E-state index contributed by atoms with van der Waals surface area (Å²) in [6, 6.07) is 18.6. The van der Waals surface area contributed by atoms with Crippen LogP contribution < -0.4 is 0 Å². The van der Waals surface area contributed by atoms with E-state index in [-0.39, 0.29) is 0 Å². The van der Waals surface area contributed by atoms with Crippen LogP contribution in [0.25, 0.3) is 5.57 Å². The second-order valence-electron chi connectivity index (χ2n) is 5.90. The van der Waals surface area contributed by atoms with E-state index >= 15 is 0 Å². The Balaban J connectivity index is 0.000000379. The van der Waals surface area contributed by atoms with Gasteiger partial charge in [0, 0.05) is 0 Å². The molecule has 0 radical (unpaired) electrons. The predicted molar refractivity (Wildman–Crippen MR) is 111 cm³/mol.